The third-order valence-electron chi connectivity index (χ3n) is 2.71. The summed E-state index contributed by atoms with van der Waals surface area (Å²) in [5, 5.41) is 10.3. The van der Waals surface area contributed by atoms with E-state index >= 15 is 0 Å². The van der Waals surface area contributed by atoms with E-state index in [1.54, 1.807) is 19.1 Å². The number of ether oxygens (including phenoxy) is 2. The van der Waals surface area contributed by atoms with Gasteiger partial charge in [-0.3, -0.25) is 0 Å². The minimum absolute atomic E-state index is 0.196. The van der Waals surface area contributed by atoms with Gasteiger partial charge < -0.3 is 14.6 Å². The molecule has 0 aliphatic carbocycles. The van der Waals surface area contributed by atoms with Crippen LogP contribution in [0.5, 0.6) is 0 Å². The molecule has 1 rings (SSSR count). The van der Waals surface area contributed by atoms with Crippen LogP contribution in [0.3, 0.4) is 0 Å². The second kappa shape index (κ2) is 6.61. The van der Waals surface area contributed by atoms with Crippen molar-refractivity contribution < 1.29 is 19.0 Å². The van der Waals surface area contributed by atoms with Crippen LogP contribution in [-0.4, -0.2) is 31.2 Å². The van der Waals surface area contributed by atoms with Crippen LogP contribution in [0.4, 0.5) is 4.39 Å². The highest BCUT2D eigenvalue weighted by atomic mass is 79.9. The molecule has 102 valence electrons. The predicted octanol–water partition coefficient (Wildman–Crippen LogP) is 2.89. The van der Waals surface area contributed by atoms with Crippen LogP contribution >= 0.6 is 15.9 Å². The Labute approximate surface area is 115 Å². The van der Waals surface area contributed by atoms with E-state index in [-0.39, 0.29) is 18.7 Å². The van der Waals surface area contributed by atoms with Crippen molar-refractivity contribution in [2.24, 2.45) is 0 Å². The van der Waals surface area contributed by atoms with E-state index in [1.807, 2.05) is 0 Å². The smallest absolute Gasteiger partial charge is 0.159 e. The Hall–Kier alpha value is -0.490. The van der Waals surface area contributed by atoms with E-state index in [2.05, 4.69) is 15.9 Å². The maximum atomic E-state index is 13.6. The number of hydrogen-bond acceptors (Lipinski definition) is 3. The zero-order valence-corrected chi connectivity index (χ0v) is 12.3. The SMILES string of the molecule is COC(CC(C)(O)Cc1cc(Br)ccc1F)OC. The monoisotopic (exact) mass is 320 g/mol. The first-order valence-corrected chi connectivity index (χ1v) is 6.39. The molecule has 0 bridgehead atoms. The summed E-state index contributed by atoms with van der Waals surface area (Å²) >= 11 is 3.28. The molecule has 1 aromatic rings. The lowest BCUT2D eigenvalue weighted by Gasteiger charge is -2.27. The lowest BCUT2D eigenvalue weighted by atomic mass is 9.92. The molecule has 0 aliphatic heterocycles. The summed E-state index contributed by atoms with van der Waals surface area (Å²) in [6.07, 6.45) is -0.0387. The summed E-state index contributed by atoms with van der Waals surface area (Å²) in [7, 11) is 3.01. The fourth-order valence-electron chi connectivity index (χ4n) is 1.78. The second-order valence-electron chi connectivity index (χ2n) is 4.51. The van der Waals surface area contributed by atoms with E-state index in [4.69, 9.17) is 9.47 Å². The van der Waals surface area contributed by atoms with Crippen molar-refractivity contribution in [1.29, 1.82) is 0 Å². The van der Waals surface area contributed by atoms with Gasteiger partial charge in [0.2, 0.25) is 0 Å². The Morgan fingerprint density at radius 1 is 1.39 bits per heavy atom. The molecule has 1 unspecified atom stereocenters. The van der Waals surface area contributed by atoms with Crippen LogP contribution in [0.25, 0.3) is 0 Å². The highest BCUT2D eigenvalue weighted by Gasteiger charge is 2.27. The van der Waals surface area contributed by atoms with Crippen molar-refractivity contribution in [3.63, 3.8) is 0 Å². The summed E-state index contributed by atoms with van der Waals surface area (Å²) < 4.78 is 24.5. The molecule has 0 spiro atoms. The van der Waals surface area contributed by atoms with Crippen LogP contribution in [0.1, 0.15) is 18.9 Å². The molecule has 1 atom stereocenters. The van der Waals surface area contributed by atoms with Crippen LogP contribution in [0.15, 0.2) is 22.7 Å². The fraction of sp³-hybridized carbons (Fsp3) is 0.538. The summed E-state index contributed by atoms with van der Waals surface area (Å²) in [5.74, 6) is -0.329. The highest BCUT2D eigenvalue weighted by molar-refractivity contribution is 9.10. The molecule has 0 aliphatic rings. The van der Waals surface area contributed by atoms with Crippen molar-refractivity contribution in [2.75, 3.05) is 14.2 Å². The largest absolute Gasteiger partial charge is 0.390 e. The highest BCUT2D eigenvalue weighted by Crippen LogP contribution is 2.24. The molecule has 0 saturated carbocycles. The van der Waals surface area contributed by atoms with E-state index in [9.17, 15) is 9.50 Å². The number of hydrogen-bond donors (Lipinski definition) is 1. The Morgan fingerprint density at radius 2 is 2.00 bits per heavy atom. The van der Waals surface area contributed by atoms with Crippen LogP contribution in [0.2, 0.25) is 0 Å². The first kappa shape index (κ1) is 15.6. The van der Waals surface area contributed by atoms with Crippen molar-refractivity contribution in [1.82, 2.24) is 0 Å². The third kappa shape index (κ3) is 4.65. The molecule has 1 N–H and O–H groups in total. The normalized spacial score (nSPS) is 14.8. The van der Waals surface area contributed by atoms with Gasteiger partial charge in [0.05, 0.1) is 5.60 Å². The van der Waals surface area contributed by atoms with Crippen LogP contribution < -0.4 is 0 Å². The summed E-state index contributed by atoms with van der Waals surface area (Å²) in [6.45, 7) is 1.64. The van der Waals surface area contributed by atoms with Gasteiger partial charge in [0.25, 0.3) is 0 Å². The van der Waals surface area contributed by atoms with Crippen molar-refractivity contribution in [2.45, 2.75) is 31.7 Å². The summed E-state index contributed by atoms with van der Waals surface area (Å²) in [5.41, 5.74) is -0.640. The summed E-state index contributed by atoms with van der Waals surface area (Å²) in [6, 6.07) is 4.67. The quantitative estimate of drug-likeness (QED) is 0.819. The molecular formula is C13H18BrFO3. The van der Waals surface area contributed by atoms with Gasteiger partial charge >= 0.3 is 0 Å². The minimum atomic E-state index is -1.10. The molecule has 0 aromatic heterocycles. The predicted molar refractivity (Wildman–Crippen MR) is 70.9 cm³/mol. The molecule has 0 saturated heterocycles. The van der Waals surface area contributed by atoms with E-state index in [0.29, 0.717) is 5.56 Å². The van der Waals surface area contributed by atoms with Gasteiger partial charge in [-0.1, -0.05) is 15.9 Å². The Balaban J connectivity index is 2.78. The fourth-order valence-corrected chi connectivity index (χ4v) is 2.19. The molecular weight excluding hydrogens is 303 g/mol. The Morgan fingerprint density at radius 3 is 2.56 bits per heavy atom. The van der Waals surface area contributed by atoms with Gasteiger partial charge in [-0.05, 0) is 30.7 Å². The minimum Gasteiger partial charge on any atom is -0.390 e. The third-order valence-corrected chi connectivity index (χ3v) is 3.20. The average molecular weight is 321 g/mol. The maximum absolute atomic E-state index is 13.6. The van der Waals surface area contributed by atoms with Gasteiger partial charge in [0.1, 0.15) is 5.82 Å². The molecule has 0 heterocycles. The zero-order chi connectivity index (χ0) is 13.8. The van der Waals surface area contributed by atoms with Gasteiger partial charge in [-0.25, -0.2) is 4.39 Å². The van der Waals surface area contributed by atoms with Crippen molar-refractivity contribution in [3.8, 4) is 0 Å². The lowest BCUT2D eigenvalue weighted by Crippen LogP contribution is -2.34. The standard InChI is InChI=1S/C13H18BrFO3/c1-13(16,8-12(17-2)18-3)7-9-6-10(14)4-5-11(9)15/h4-6,12,16H,7-8H2,1-3H3. The number of halogens is 2. The molecule has 0 amide bonds. The average Bonchev–Trinajstić information content (AvgIpc) is 2.30. The number of benzene rings is 1. The first-order valence-electron chi connectivity index (χ1n) is 5.60. The number of aliphatic hydroxyl groups is 1. The lowest BCUT2D eigenvalue weighted by molar-refractivity contribution is -0.139. The molecule has 0 fully saturated rings. The maximum Gasteiger partial charge on any atom is 0.159 e. The Kier molecular flexibility index (Phi) is 5.72. The molecule has 1 aromatic carbocycles. The number of methoxy groups -OCH3 is 2. The van der Waals surface area contributed by atoms with E-state index < -0.39 is 11.9 Å². The first-order chi connectivity index (χ1) is 8.38. The molecule has 0 radical (unpaired) electrons. The number of rotatable bonds is 6. The summed E-state index contributed by atoms with van der Waals surface area (Å²) in [4.78, 5) is 0. The van der Waals surface area contributed by atoms with Crippen LogP contribution in [0, 0.1) is 5.82 Å². The van der Waals surface area contributed by atoms with Gasteiger partial charge in [0.15, 0.2) is 6.29 Å². The van der Waals surface area contributed by atoms with Crippen molar-refractivity contribution in [3.05, 3.63) is 34.1 Å². The van der Waals surface area contributed by atoms with E-state index in [1.165, 1.54) is 20.3 Å². The second-order valence-corrected chi connectivity index (χ2v) is 5.43. The molecule has 3 nitrogen and oxygen atoms in total. The van der Waals surface area contributed by atoms with Gasteiger partial charge in [-0.15, -0.1) is 0 Å². The topological polar surface area (TPSA) is 38.7 Å². The van der Waals surface area contributed by atoms with Crippen LogP contribution in [-0.2, 0) is 15.9 Å². The Bertz CT molecular complexity index is 392. The van der Waals surface area contributed by atoms with Gasteiger partial charge in [0, 0.05) is 31.5 Å². The molecule has 5 heteroatoms. The van der Waals surface area contributed by atoms with E-state index in [0.717, 1.165) is 4.47 Å². The molecule has 18 heavy (non-hydrogen) atoms. The van der Waals surface area contributed by atoms with Gasteiger partial charge in [-0.2, -0.15) is 0 Å². The zero-order valence-electron chi connectivity index (χ0n) is 10.7. The van der Waals surface area contributed by atoms with Crippen molar-refractivity contribution >= 4 is 15.9 Å².